The Hall–Kier alpha value is -2.46. The predicted octanol–water partition coefficient (Wildman–Crippen LogP) is 4.36. The van der Waals surface area contributed by atoms with Gasteiger partial charge in [-0.15, -0.1) is 5.54 Å². The maximum absolute atomic E-state index is 15.3. The van der Waals surface area contributed by atoms with Gasteiger partial charge in [0.15, 0.2) is 5.43 Å². The van der Waals surface area contributed by atoms with E-state index in [1.807, 2.05) is 11.8 Å². The number of fused-ring (bicyclic) bond motifs is 1. The quantitative estimate of drug-likeness (QED) is 0.735. The number of aromatic nitrogens is 1. The minimum atomic E-state index is -1.00. The van der Waals surface area contributed by atoms with E-state index < -0.39 is 18.0 Å². The van der Waals surface area contributed by atoms with Gasteiger partial charge in [0.05, 0.1) is 22.6 Å². The zero-order valence-corrected chi connectivity index (χ0v) is 17.3. The van der Waals surface area contributed by atoms with Crippen LogP contribution in [0.2, 0.25) is 0 Å². The van der Waals surface area contributed by atoms with Gasteiger partial charge in [-0.05, 0) is 25.3 Å². The van der Waals surface area contributed by atoms with Crippen molar-refractivity contribution in [2.24, 2.45) is 5.92 Å². The van der Waals surface area contributed by atoms with Gasteiger partial charge in [-0.3, -0.25) is 4.79 Å². The number of aryl methyl sites for hydroxylation is 1. The second kappa shape index (κ2) is 6.78. The third kappa shape index (κ3) is 2.84. The molecular weight excluding hydrogens is 386 g/mol. The molecule has 1 aliphatic heterocycles. The second-order valence-electron chi connectivity index (χ2n) is 8.97. The number of rotatable bonds is 5. The van der Waals surface area contributed by atoms with Crippen LogP contribution in [0.3, 0.4) is 0 Å². The van der Waals surface area contributed by atoms with Gasteiger partial charge >= 0.3 is 0 Å². The Morgan fingerprint density at radius 2 is 2.13 bits per heavy atom. The Bertz CT molecular complexity index is 1130. The highest BCUT2D eigenvalue weighted by Gasteiger charge is 2.44. The molecule has 0 unspecified atom stereocenters. The molecule has 0 amide bonds. The number of hydrogen-bond donors (Lipinski definition) is 0. The third-order valence-corrected chi connectivity index (χ3v) is 7.07. The van der Waals surface area contributed by atoms with E-state index in [-0.39, 0.29) is 27.6 Å². The molecule has 0 radical (unpaired) electrons. The van der Waals surface area contributed by atoms with Gasteiger partial charge < -0.3 is 14.8 Å². The molecule has 2 heterocycles. The van der Waals surface area contributed by atoms with Crippen molar-refractivity contribution in [3.63, 3.8) is 0 Å². The van der Waals surface area contributed by atoms with E-state index in [4.69, 9.17) is 5.32 Å². The van der Waals surface area contributed by atoms with Crippen molar-refractivity contribution in [1.29, 1.82) is 5.26 Å². The van der Waals surface area contributed by atoms with Crippen molar-refractivity contribution in [3.05, 3.63) is 44.7 Å². The minimum Gasteiger partial charge on any atom is -0.657 e. The van der Waals surface area contributed by atoms with Gasteiger partial charge in [0, 0.05) is 31.3 Å². The summed E-state index contributed by atoms with van der Waals surface area (Å²) in [4.78, 5) is 14.6. The summed E-state index contributed by atoms with van der Waals surface area (Å²) in [5.74, 6) is -0.211. The summed E-state index contributed by atoms with van der Waals surface area (Å²) in [6, 6.07) is 2.99. The van der Waals surface area contributed by atoms with Gasteiger partial charge in [-0.2, -0.15) is 11.8 Å². The number of alkyl halides is 1. The smallest absolute Gasteiger partial charge is 0.192 e. The molecule has 1 aromatic carbocycles. The summed E-state index contributed by atoms with van der Waals surface area (Å²) in [7, 11) is 0. The van der Waals surface area contributed by atoms with Crippen LogP contribution < -0.4 is 10.3 Å². The number of anilines is 1. The van der Waals surface area contributed by atoms with Gasteiger partial charge in [-0.1, -0.05) is 19.8 Å². The molecule has 2 aliphatic carbocycles. The van der Waals surface area contributed by atoms with E-state index in [0.717, 1.165) is 25.8 Å². The van der Waals surface area contributed by atoms with Crippen LogP contribution in [0.1, 0.15) is 49.8 Å². The standard InChI is InChI=1S/C23H25F2N4O/c1-3-27-23(5-6-23)14-4-7-28(12-14)21-16(10-26)20-15(8-18(21)25)22(30)13(2)11-29(20)19-9-17(19)24/h8,11,14,17,19H,3-7,9,12H2,1-2H3/q-1/t14-,17+,19-/m1/s1. The lowest BCUT2D eigenvalue weighted by molar-refractivity contribution is 0.444. The molecule has 0 spiro atoms. The van der Waals surface area contributed by atoms with Crippen LogP contribution in [0.15, 0.2) is 17.1 Å². The molecule has 7 heteroatoms. The number of nitrogens with zero attached hydrogens (tertiary/aromatic N) is 4. The fourth-order valence-corrected chi connectivity index (χ4v) is 5.27. The summed E-state index contributed by atoms with van der Waals surface area (Å²) in [5.41, 5.74) is 0.871. The highest BCUT2D eigenvalue weighted by Crippen LogP contribution is 2.53. The average Bonchev–Trinajstić information content (AvgIpc) is 3.61. The van der Waals surface area contributed by atoms with Crippen LogP contribution in [0.25, 0.3) is 16.2 Å². The van der Waals surface area contributed by atoms with Gasteiger partial charge in [-0.25, -0.2) is 8.78 Å². The van der Waals surface area contributed by atoms with Crippen LogP contribution in [0.4, 0.5) is 14.5 Å². The first-order chi connectivity index (χ1) is 14.4. The van der Waals surface area contributed by atoms with E-state index in [2.05, 4.69) is 6.07 Å². The summed E-state index contributed by atoms with van der Waals surface area (Å²) >= 11 is 0. The highest BCUT2D eigenvalue weighted by atomic mass is 19.1. The fraction of sp³-hybridized carbons (Fsp3) is 0.565. The largest absolute Gasteiger partial charge is 0.657 e. The lowest BCUT2D eigenvalue weighted by Crippen LogP contribution is -2.28. The molecule has 3 atom stereocenters. The first-order valence-corrected chi connectivity index (χ1v) is 10.8. The van der Waals surface area contributed by atoms with E-state index in [1.54, 1.807) is 17.7 Å². The summed E-state index contributed by atoms with van der Waals surface area (Å²) in [6.07, 6.45) is 4.01. The second-order valence-corrected chi connectivity index (χ2v) is 8.97. The average molecular weight is 411 g/mol. The predicted molar refractivity (Wildman–Crippen MR) is 112 cm³/mol. The zero-order valence-electron chi connectivity index (χ0n) is 17.3. The van der Waals surface area contributed by atoms with Gasteiger partial charge in [0.25, 0.3) is 0 Å². The van der Waals surface area contributed by atoms with Crippen molar-refractivity contribution >= 4 is 16.6 Å². The number of nitriles is 1. The van der Waals surface area contributed by atoms with Gasteiger partial charge in [0.1, 0.15) is 23.6 Å². The van der Waals surface area contributed by atoms with Gasteiger partial charge in [0.2, 0.25) is 0 Å². The Kier molecular flexibility index (Phi) is 4.41. The number of pyridine rings is 1. The third-order valence-electron chi connectivity index (χ3n) is 7.07. The molecule has 0 N–H and O–H groups in total. The van der Waals surface area contributed by atoms with Crippen molar-refractivity contribution < 1.29 is 8.78 Å². The summed E-state index contributed by atoms with van der Waals surface area (Å²) < 4.78 is 30.9. The van der Waals surface area contributed by atoms with Crippen molar-refractivity contribution in [2.45, 2.75) is 57.3 Å². The van der Waals surface area contributed by atoms with Crippen LogP contribution in [0, 0.1) is 30.0 Å². The van der Waals surface area contributed by atoms with Crippen LogP contribution >= 0.6 is 0 Å². The molecule has 0 bridgehead atoms. The molecule has 158 valence electrons. The number of benzene rings is 1. The van der Waals surface area contributed by atoms with E-state index >= 15 is 4.39 Å². The lowest BCUT2D eigenvalue weighted by Gasteiger charge is -2.37. The first kappa shape index (κ1) is 19.5. The maximum Gasteiger partial charge on any atom is 0.192 e. The minimum absolute atomic E-state index is 0.0122. The van der Waals surface area contributed by atoms with Crippen molar-refractivity contribution in [3.8, 4) is 6.07 Å². The molecule has 5 nitrogen and oxygen atoms in total. The zero-order chi connectivity index (χ0) is 21.2. The molecule has 2 aromatic rings. The molecule has 2 saturated carbocycles. The fourth-order valence-electron chi connectivity index (χ4n) is 5.27. The Labute approximate surface area is 174 Å². The molecule has 1 saturated heterocycles. The Balaban J connectivity index is 1.63. The first-order valence-electron chi connectivity index (χ1n) is 10.8. The number of halogens is 2. The summed E-state index contributed by atoms with van der Waals surface area (Å²) in [5, 5.41) is 15.0. The molecular formula is C23H25F2N4O-. The van der Waals surface area contributed by atoms with Crippen LogP contribution in [-0.4, -0.2) is 35.9 Å². The van der Waals surface area contributed by atoms with E-state index in [1.165, 1.54) is 6.07 Å². The van der Waals surface area contributed by atoms with Crippen molar-refractivity contribution in [2.75, 3.05) is 24.5 Å². The lowest BCUT2D eigenvalue weighted by atomic mass is 9.96. The van der Waals surface area contributed by atoms with E-state index in [9.17, 15) is 14.4 Å². The molecule has 30 heavy (non-hydrogen) atoms. The van der Waals surface area contributed by atoms with E-state index in [0.29, 0.717) is 36.5 Å². The van der Waals surface area contributed by atoms with Crippen LogP contribution in [0.5, 0.6) is 0 Å². The monoisotopic (exact) mass is 411 g/mol. The van der Waals surface area contributed by atoms with Crippen LogP contribution in [-0.2, 0) is 0 Å². The normalized spacial score (nSPS) is 26.8. The number of hydrogen-bond acceptors (Lipinski definition) is 3. The Morgan fingerprint density at radius 1 is 1.40 bits per heavy atom. The molecule has 1 aromatic heterocycles. The molecule has 3 fully saturated rings. The topological polar surface area (TPSA) is 63.1 Å². The Morgan fingerprint density at radius 3 is 2.73 bits per heavy atom. The molecule has 3 aliphatic rings. The summed E-state index contributed by atoms with van der Waals surface area (Å²) in [6.45, 7) is 5.76. The maximum atomic E-state index is 15.3. The highest BCUT2D eigenvalue weighted by molar-refractivity contribution is 5.91. The van der Waals surface area contributed by atoms with Crippen molar-refractivity contribution in [1.82, 2.24) is 4.57 Å². The molecule has 5 rings (SSSR count). The SMILES string of the molecule is CC[N-]C1([C@@H]2CCN(c3c(F)cc4c(=O)c(C)cn([C@@H]5C[C@@H]5F)c4c3C#N)C2)CC1.